The van der Waals surface area contributed by atoms with E-state index in [1.807, 2.05) is 12.1 Å². The Balaban J connectivity index is 1.08. The lowest BCUT2D eigenvalue weighted by atomic mass is 9.82. The van der Waals surface area contributed by atoms with Crippen molar-refractivity contribution in [1.82, 2.24) is 0 Å². The molecule has 0 saturated heterocycles. The molecule has 0 aliphatic heterocycles. The molecule has 0 spiro atoms. The summed E-state index contributed by atoms with van der Waals surface area (Å²) in [4.78, 5) is 2.41. The molecule has 0 fully saturated rings. The lowest BCUT2D eigenvalue weighted by molar-refractivity contribution is 0.660. The van der Waals surface area contributed by atoms with Gasteiger partial charge in [-0.05, 0) is 93.9 Å². The van der Waals surface area contributed by atoms with Crippen molar-refractivity contribution in [3.63, 3.8) is 0 Å². The van der Waals surface area contributed by atoms with Crippen molar-refractivity contribution in [3.05, 3.63) is 175 Å². The summed E-state index contributed by atoms with van der Waals surface area (Å²) >= 11 is 0. The van der Waals surface area contributed by atoms with Gasteiger partial charge < -0.3 is 13.7 Å². The van der Waals surface area contributed by atoms with Gasteiger partial charge in [-0.2, -0.15) is 0 Å². The molecule has 1 aliphatic rings. The average molecular weight is 668 g/mol. The minimum Gasteiger partial charge on any atom is -0.456 e. The van der Waals surface area contributed by atoms with Crippen LogP contribution in [0.25, 0.3) is 76.9 Å². The first-order valence-electron chi connectivity index (χ1n) is 17.9. The predicted molar refractivity (Wildman–Crippen MR) is 216 cm³/mol. The maximum Gasteiger partial charge on any atom is 0.143 e. The molecule has 2 heterocycles. The van der Waals surface area contributed by atoms with E-state index < -0.39 is 0 Å². The van der Waals surface area contributed by atoms with Gasteiger partial charge in [-0.25, -0.2) is 0 Å². The highest BCUT2D eigenvalue weighted by Crippen LogP contribution is 2.54. The molecular weight excluding hydrogens is 635 g/mol. The van der Waals surface area contributed by atoms with Crippen LogP contribution in [0.3, 0.4) is 0 Å². The molecule has 0 saturated carbocycles. The van der Waals surface area contributed by atoms with Crippen molar-refractivity contribution in [2.24, 2.45) is 0 Å². The molecule has 2 aromatic heterocycles. The second-order valence-electron chi connectivity index (χ2n) is 14.5. The SMILES string of the molecule is CC1(C)c2ccccc2-c2c(N(c3ccc(-c4ccc5c(c4)oc4c6ccccc6ccc54)cc3)c3ccc4oc5ccccc5c4c3)cccc21. The monoisotopic (exact) mass is 667 g/mol. The highest BCUT2D eigenvalue weighted by atomic mass is 16.3. The molecule has 0 bridgehead atoms. The number of hydrogen-bond acceptors (Lipinski definition) is 3. The van der Waals surface area contributed by atoms with Gasteiger partial charge in [0.25, 0.3) is 0 Å². The van der Waals surface area contributed by atoms with Crippen molar-refractivity contribution in [3.8, 4) is 22.3 Å². The van der Waals surface area contributed by atoms with Crippen molar-refractivity contribution in [2.75, 3.05) is 4.90 Å². The number of anilines is 3. The first-order chi connectivity index (χ1) is 25.5. The van der Waals surface area contributed by atoms with E-state index in [2.05, 4.69) is 170 Å². The highest BCUT2D eigenvalue weighted by Gasteiger charge is 2.37. The molecule has 0 amide bonds. The zero-order chi connectivity index (χ0) is 34.6. The van der Waals surface area contributed by atoms with Gasteiger partial charge >= 0.3 is 0 Å². The van der Waals surface area contributed by atoms with Gasteiger partial charge in [-0.1, -0.05) is 117 Å². The van der Waals surface area contributed by atoms with E-state index in [4.69, 9.17) is 8.83 Å². The van der Waals surface area contributed by atoms with Crippen molar-refractivity contribution >= 4 is 71.7 Å². The van der Waals surface area contributed by atoms with Crippen LogP contribution in [-0.4, -0.2) is 0 Å². The van der Waals surface area contributed by atoms with Crippen LogP contribution in [0.15, 0.2) is 173 Å². The number of para-hydroxylation sites is 1. The molecule has 0 N–H and O–H groups in total. The molecular formula is C49H33NO2. The molecule has 0 radical (unpaired) electrons. The Morgan fingerprint density at radius 3 is 2.04 bits per heavy atom. The summed E-state index contributed by atoms with van der Waals surface area (Å²) in [7, 11) is 0. The predicted octanol–water partition coefficient (Wildman–Crippen LogP) is 14.1. The van der Waals surface area contributed by atoms with E-state index in [-0.39, 0.29) is 5.41 Å². The van der Waals surface area contributed by atoms with Crippen LogP contribution in [0.5, 0.6) is 0 Å². The Morgan fingerprint density at radius 2 is 1.13 bits per heavy atom. The second kappa shape index (κ2) is 10.7. The first kappa shape index (κ1) is 29.2. The van der Waals surface area contributed by atoms with E-state index in [9.17, 15) is 0 Å². The fourth-order valence-electron chi connectivity index (χ4n) is 8.69. The first-order valence-corrected chi connectivity index (χ1v) is 17.9. The second-order valence-corrected chi connectivity index (χ2v) is 14.5. The van der Waals surface area contributed by atoms with Gasteiger partial charge in [0.2, 0.25) is 0 Å². The Kier molecular flexibility index (Phi) is 6.01. The lowest BCUT2D eigenvalue weighted by Gasteiger charge is -2.29. The van der Waals surface area contributed by atoms with Crippen LogP contribution in [0, 0.1) is 0 Å². The van der Waals surface area contributed by atoms with Crippen LogP contribution in [0.1, 0.15) is 25.0 Å². The number of nitrogens with zero attached hydrogens (tertiary/aromatic N) is 1. The Labute approximate surface area is 301 Å². The van der Waals surface area contributed by atoms with Crippen LogP contribution in [0.2, 0.25) is 0 Å². The molecule has 0 atom stereocenters. The summed E-state index contributed by atoms with van der Waals surface area (Å²) in [5, 5.41) is 6.83. The summed E-state index contributed by atoms with van der Waals surface area (Å²) in [5.41, 5.74) is 14.4. The van der Waals surface area contributed by atoms with Crippen molar-refractivity contribution in [2.45, 2.75) is 19.3 Å². The molecule has 11 rings (SSSR count). The number of hydrogen-bond donors (Lipinski definition) is 0. The lowest BCUT2D eigenvalue weighted by Crippen LogP contribution is -2.16. The third-order valence-electron chi connectivity index (χ3n) is 11.3. The van der Waals surface area contributed by atoms with Gasteiger partial charge in [0.1, 0.15) is 22.3 Å². The van der Waals surface area contributed by atoms with Gasteiger partial charge in [0.15, 0.2) is 0 Å². The third kappa shape index (κ3) is 4.14. The molecule has 3 nitrogen and oxygen atoms in total. The molecule has 3 heteroatoms. The smallest absolute Gasteiger partial charge is 0.143 e. The zero-order valence-corrected chi connectivity index (χ0v) is 28.9. The summed E-state index contributed by atoms with van der Waals surface area (Å²) < 4.78 is 12.8. The topological polar surface area (TPSA) is 29.5 Å². The molecule has 10 aromatic rings. The number of furan rings is 2. The van der Waals surface area contributed by atoms with Crippen molar-refractivity contribution < 1.29 is 8.83 Å². The quantitative estimate of drug-likeness (QED) is 0.187. The highest BCUT2D eigenvalue weighted by molar-refractivity contribution is 6.15. The minimum absolute atomic E-state index is 0.107. The number of fused-ring (bicyclic) bond motifs is 11. The zero-order valence-electron chi connectivity index (χ0n) is 28.9. The average Bonchev–Trinajstić information content (AvgIpc) is 3.83. The Morgan fingerprint density at radius 1 is 0.442 bits per heavy atom. The summed E-state index contributed by atoms with van der Waals surface area (Å²) in [6.07, 6.45) is 0. The number of rotatable bonds is 4. The van der Waals surface area contributed by atoms with Crippen LogP contribution >= 0.6 is 0 Å². The largest absolute Gasteiger partial charge is 0.456 e. The number of benzene rings is 8. The van der Waals surface area contributed by atoms with Crippen molar-refractivity contribution in [1.29, 1.82) is 0 Å². The standard InChI is InChI=1S/C49H33NO2/c1-49(2)41-14-7-5-13-39(41)47-42(49)15-9-16-43(47)50(34-24-27-45-40(29-34)36-12-6-8-17-44(36)51-45)33-22-18-30(19-23-33)32-21-25-37-38-26-20-31-10-3-4-11-35(31)48(38)52-46(37)28-32/h3-29H,1-2H3. The Bertz CT molecular complexity index is 3050. The van der Waals surface area contributed by atoms with Gasteiger partial charge in [-0.3, -0.25) is 0 Å². The summed E-state index contributed by atoms with van der Waals surface area (Å²) in [6, 6.07) is 58.8. The fraction of sp³-hybridized carbons (Fsp3) is 0.0612. The van der Waals surface area contributed by atoms with Gasteiger partial charge in [0, 0.05) is 49.3 Å². The van der Waals surface area contributed by atoms with Crippen LogP contribution in [0.4, 0.5) is 17.1 Å². The van der Waals surface area contributed by atoms with E-state index in [1.165, 1.54) is 27.6 Å². The molecule has 0 unspecified atom stereocenters. The van der Waals surface area contributed by atoms with E-state index in [1.54, 1.807) is 0 Å². The van der Waals surface area contributed by atoms with Gasteiger partial charge in [0.05, 0.1) is 5.69 Å². The molecule has 1 aliphatic carbocycles. The van der Waals surface area contributed by atoms with E-state index in [0.717, 1.165) is 77.5 Å². The molecule has 246 valence electrons. The summed E-state index contributed by atoms with van der Waals surface area (Å²) in [5.74, 6) is 0. The van der Waals surface area contributed by atoms with Crippen LogP contribution < -0.4 is 4.90 Å². The molecule has 8 aromatic carbocycles. The maximum absolute atomic E-state index is 6.54. The van der Waals surface area contributed by atoms with Crippen LogP contribution in [-0.2, 0) is 5.41 Å². The fourth-order valence-corrected chi connectivity index (χ4v) is 8.69. The molecule has 52 heavy (non-hydrogen) atoms. The van der Waals surface area contributed by atoms with Gasteiger partial charge in [-0.15, -0.1) is 0 Å². The third-order valence-corrected chi connectivity index (χ3v) is 11.3. The normalized spacial score (nSPS) is 13.3. The summed E-state index contributed by atoms with van der Waals surface area (Å²) in [6.45, 7) is 4.68. The Hall–Kier alpha value is -6.58. The maximum atomic E-state index is 6.54. The minimum atomic E-state index is -0.107. The van der Waals surface area contributed by atoms with E-state index >= 15 is 0 Å². The van der Waals surface area contributed by atoms with E-state index in [0.29, 0.717) is 0 Å².